The number of allylic oxidation sites excluding steroid dienone is 2. The van der Waals surface area contributed by atoms with Gasteiger partial charge in [-0.3, -0.25) is 10.8 Å². The second-order valence-corrected chi connectivity index (χ2v) is 4.58. The topological polar surface area (TPSA) is 62.4 Å². The van der Waals surface area contributed by atoms with E-state index >= 15 is 0 Å². The first kappa shape index (κ1) is 15.1. The molecule has 4 N–H and O–H groups in total. The average molecular weight is 242 g/mol. The van der Waals surface area contributed by atoms with Gasteiger partial charge in [0.15, 0.2) is 0 Å². The molecular formula is C11H22N4S. The fourth-order valence-electron chi connectivity index (χ4n) is 1.42. The van der Waals surface area contributed by atoms with Crippen LogP contribution in [0.5, 0.6) is 0 Å². The maximum absolute atomic E-state index is 5.30. The Balaban J connectivity index is 5.07. The Hall–Kier alpha value is -0.940. The fourth-order valence-corrected chi connectivity index (χ4v) is 2.38. The van der Waals surface area contributed by atoms with Gasteiger partial charge < -0.3 is 10.7 Å². The molecule has 1 unspecified atom stereocenters. The van der Waals surface area contributed by atoms with E-state index in [9.17, 15) is 0 Å². The van der Waals surface area contributed by atoms with Crippen molar-refractivity contribution < 1.29 is 0 Å². The van der Waals surface area contributed by atoms with Crippen molar-refractivity contribution in [3.8, 4) is 0 Å². The molecule has 0 amide bonds. The highest BCUT2D eigenvalue weighted by atomic mass is 32.2. The van der Waals surface area contributed by atoms with Crippen molar-refractivity contribution in [2.75, 3.05) is 12.8 Å². The Kier molecular flexibility index (Phi) is 7.76. The van der Waals surface area contributed by atoms with Crippen LogP contribution in [0.3, 0.4) is 0 Å². The number of rotatable bonds is 7. The predicted molar refractivity (Wildman–Crippen MR) is 74.0 cm³/mol. The van der Waals surface area contributed by atoms with E-state index in [1.165, 1.54) is 4.91 Å². The van der Waals surface area contributed by atoms with Crippen LogP contribution in [0, 0.1) is 5.92 Å². The summed E-state index contributed by atoms with van der Waals surface area (Å²) in [6.45, 7) is 9.79. The zero-order valence-electron chi connectivity index (χ0n) is 10.5. The van der Waals surface area contributed by atoms with Gasteiger partial charge in [-0.25, -0.2) is 0 Å². The van der Waals surface area contributed by atoms with Crippen LogP contribution in [-0.4, -0.2) is 19.5 Å². The minimum atomic E-state index is 0.233. The third-order valence-electron chi connectivity index (χ3n) is 2.28. The van der Waals surface area contributed by atoms with Crippen molar-refractivity contribution >= 4 is 18.5 Å². The molecule has 0 saturated carbocycles. The number of aliphatic imine (C=N–C) groups is 1. The van der Waals surface area contributed by atoms with Crippen molar-refractivity contribution in [1.29, 1.82) is 0 Å². The minimum absolute atomic E-state index is 0.233. The van der Waals surface area contributed by atoms with E-state index in [4.69, 9.17) is 5.84 Å². The number of nitrogens with zero attached hydrogens (tertiary/aromatic N) is 1. The monoisotopic (exact) mass is 242 g/mol. The number of hydrogen-bond donors (Lipinski definition) is 3. The van der Waals surface area contributed by atoms with Gasteiger partial charge in [0.2, 0.25) is 0 Å². The van der Waals surface area contributed by atoms with E-state index in [1.807, 2.05) is 14.0 Å². The standard InChI is InChI=1S/C11H22N4S/c1-6-16-11(9(3)13-4)8(2)10(14-5)7-15-12/h7-8,14-15H,4,6,12H2,1-3,5H3/b10-7-,11-9-. The van der Waals surface area contributed by atoms with Crippen LogP contribution in [0.4, 0.5) is 0 Å². The van der Waals surface area contributed by atoms with E-state index in [0.29, 0.717) is 0 Å². The summed E-state index contributed by atoms with van der Waals surface area (Å²) in [7, 11) is 1.88. The predicted octanol–water partition coefficient (Wildman–Crippen LogP) is 1.83. The van der Waals surface area contributed by atoms with E-state index in [-0.39, 0.29) is 5.92 Å². The van der Waals surface area contributed by atoms with Gasteiger partial charge in [0.25, 0.3) is 0 Å². The molecule has 0 aromatic rings. The number of hydrogen-bond acceptors (Lipinski definition) is 5. The third kappa shape index (κ3) is 4.28. The molecule has 0 fully saturated rings. The lowest BCUT2D eigenvalue weighted by Gasteiger charge is -2.19. The quantitative estimate of drug-likeness (QED) is 0.362. The number of nitrogens with one attached hydrogen (secondary N) is 2. The summed E-state index contributed by atoms with van der Waals surface area (Å²) in [6, 6.07) is 0. The van der Waals surface area contributed by atoms with Crippen LogP contribution in [0.1, 0.15) is 20.8 Å². The van der Waals surface area contributed by atoms with Gasteiger partial charge >= 0.3 is 0 Å². The molecule has 0 aliphatic rings. The van der Waals surface area contributed by atoms with E-state index in [2.05, 4.69) is 36.3 Å². The van der Waals surface area contributed by atoms with Crippen LogP contribution >= 0.6 is 11.8 Å². The lowest BCUT2D eigenvalue weighted by atomic mass is 10.1. The summed E-state index contributed by atoms with van der Waals surface area (Å²) < 4.78 is 0. The summed E-state index contributed by atoms with van der Waals surface area (Å²) in [5.41, 5.74) is 4.55. The lowest BCUT2D eigenvalue weighted by molar-refractivity contribution is 0.728. The fraction of sp³-hybridized carbons (Fsp3) is 0.545. The molecule has 92 valence electrons. The van der Waals surface area contributed by atoms with Crippen LogP contribution in [0.2, 0.25) is 0 Å². The van der Waals surface area contributed by atoms with E-state index < -0.39 is 0 Å². The van der Waals surface area contributed by atoms with Gasteiger partial charge in [-0.2, -0.15) is 0 Å². The summed E-state index contributed by atoms with van der Waals surface area (Å²) in [6.07, 6.45) is 1.76. The second-order valence-electron chi connectivity index (χ2n) is 3.28. The molecule has 0 aromatic carbocycles. The summed E-state index contributed by atoms with van der Waals surface area (Å²) in [4.78, 5) is 5.22. The molecule has 0 saturated heterocycles. The highest BCUT2D eigenvalue weighted by Gasteiger charge is 2.15. The molecule has 5 heteroatoms. The molecule has 0 aromatic heterocycles. The van der Waals surface area contributed by atoms with Crippen LogP contribution in [0.15, 0.2) is 27.5 Å². The summed E-state index contributed by atoms with van der Waals surface area (Å²) in [5, 5.41) is 3.13. The van der Waals surface area contributed by atoms with Crippen LogP contribution < -0.4 is 16.6 Å². The Bertz CT molecular complexity index is 284. The SMILES string of the molecule is C=N/C(C)=C(\SCC)C(C)/C(=C/NN)NC. The van der Waals surface area contributed by atoms with Gasteiger partial charge in [-0.05, 0) is 19.4 Å². The zero-order chi connectivity index (χ0) is 12.6. The maximum atomic E-state index is 5.30. The molecule has 16 heavy (non-hydrogen) atoms. The van der Waals surface area contributed by atoms with Gasteiger partial charge in [0.1, 0.15) is 0 Å². The first-order chi connectivity index (χ1) is 7.62. The molecule has 0 aliphatic heterocycles. The van der Waals surface area contributed by atoms with Crippen molar-refractivity contribution in [3.05, 3.63) is 22.5 Å². The first-order valence-electron chi connectivity index (χ1n) is 5.26. The molecule has 0 rings (SSSR count). The number of thioether (sulfide) groups is 1. The Morgan fingerprint density at radius 1 is 1.62 bits per heavy atom. The molecule has 0 aliphatic carbocycles. The van der Waals surface area contributed by atoms with Crippen LogP contribution in [0.25, 0.3) is 0 Å². The van der Waals surface area contributed by atoms with Crippen molar-refractivity contribution in [1.82, 2.24) is 10.7 Å². The molecule has 0 spiro atoms. The Morgan fingerprint density at radius 2 is 2.25 bits per heavy atom. The first-order valence-corrected chi connectivity index (χ1v) is 6.25. The van der Waals surface area contributed by atoms with Gasteiger partial charge in [0, 0.05) is 35.5 Å². The average Bonchev–Trinajstić information content (AvgIpc) is 2.31. The summed E-state index contributed by atoms with van der Waals surface area (Å²) in [5.74, 6) is 6.55. The minimum Gasteiger partial charge on any atom is -0.390 e. The Morgan fingerprint density at radius 3 is 2.62 bits per heavy atom. The third-order valence-corrected chi connectivity index (χ3v) is 3.53. The molecule has 0 radical (unpaired) electrons. The normalized spacial score (nSPS) is 15.2. The highest BCUT2D eigenvalue weighted by molar-refractivity contribution is 8.03. The highest BCUT2D eigenvalue weighted by Crippen LogP contribution is 2.31. The number of nitrogens with two attached hydrogens (primary N) is 1. The van der Waals surface area contributed by atoms with Gasteiger partial charge in [0.05, 0.1) is 0 Å². The zero-order valence-corrected chi connectivity index (χ0v) is 11.3. The molecule has 4 nitrogen and oxygen atoms in total. The van der Waals surface area contributed by atoms with Crippen molar-refractivity contribution in [3.63, 3.8) is 0 Å². The second kappa shape index (κ2) is 8.24. The largest absolute Gasteiger partial charge is 0.390 e. The maximum Gasteiger partial charge on any atom is 0.0466 e. The van der Waals surface area contributed by atoms with Crippen LogP contribution in [-0.2, 0) is 0 Å². The number of hydrazine groups is 1. The molecule has 0 bridgehead atoms. The van der Waals surface area contributed by atoms with Gasteiger partial charge in [-0.15, -0.1) is 11.8 Å². The molecular weight excluding hydrogens is 220 g/mol. The van der Waals surface area contributed by atoms with Crippen molar-refractivity contribution in [2.24, 2.45) is 16.8 Å². The molecule has 0 heterocycles. The van der Waals surface area contributed by atoms with Gasteiger partial charge in [-0.1, -0.05) is 13.8 Å². The van der Waals surface area contributed by atoms with E-state index in [0.717, 1.165) is 17.1 Å². The molecule has 1 atom stereocenters. The summed E-state index contributed by atoms with van der Waals surface area (Å²) >= 11 is 1.78. The van der Waals surface area contributed by atoms with E-state index in [1.54, 1.807) is 18.0 Å². The Labute approximate surface area is 102 Å². The lowest BCUT2D eigenvalue weighted by Crippen LogP contribution is -2.22. The van der Waals surface area contributed by atoms with Crippen molar-refractivity contribution in [2.45, 2.75) is 20.8 Å². The smallest absolute Gasteiger partial charge is 0.0466 e.